The molecule has 1 aromatic heterocycles. The van der Waals surface area contributed by atoms with Crippen LogP contribution in [0.2, 0.25) is 0 Å². The van der Waals surface area contributed by atoms with Crippen LogP contribution in [0.25, 0.3) is 0 Å². The average Bonchev–Trinajstić information content (AvgIpc) is 2.78. The zero-order chi connectivity index (χ0) is 13.9. The molecule has 4 nitrogen and oxygen atoms in total. The molecule has 108 valence electrons. The monoisotopic (exact) mass is 283 g/mol. The maximum absolute atomic E-state index is 5.72. The molecule has 1 saturated heterocycles. The van der Waals surface area contributed by atoms with Crippen LogP contribution in [-0.2, 0) is 16.7 Å². The van der Waals surface area contributed by atoms with Crippen molar-refractivity contribution in [1.29, 1.82) is 0 Å². The van der Waals surface area contributed by atoms with Crippen molar-refractivity contribution >= 4 is 11.3 Å². The fourth-order valence-corrected chi connectivity index (χ4v) is 3.05. The first-order valence-corrected chi connectivity index (χ1v) is 7.79. The van der Waals surface area contributed by atoms with Gasteiger partial charge in [0.25, 0.3) is 0 Å². The van der Waals surface area contributed by atoms with Gasteiger partial charge >= 0.3 is 0 Å². The molecular weight excluding hydrogens is 258 g/mol. The van der Waals surface area contributed by atoms with Crippen LogP contribution in [0.3, 0.4) is 0 Å². The topological polar surface area (TPSA) is 37.4 Å². The van der Waals surface area contributed by atoms with Crippen LogP contribution in [0.1, 0.15) is 31.5 Å². The van der Waals surface area contributed by atoms with E-state index in [1.54, 1.807) is 11.3 Å². The third-order valence-electron chi connectivity index (χ3n) is 3.14. The molecule has 1 aliphatic heterocycles. The van der Waals surface area contributed by atoms with E-state index in [0.717, 1.165) is 32.8 Å². The highest BCUT2D eigenvalue weighted by Crippen LogP contribution is 2.25. The van der Waals surface area contributed by atoms with Gasteiger partial charge in [-0.25, -0.2) is 4.98 Å². The molecule has 1 atom stereocenters. The van der Waals surface area contributed by atoms with Crippen molar-refractivity contribution in [3.05, 3.63) is 16.1 Å². The van der Waals surface area contributed by atoms with Crippen LogP contribution in [0.15, 0.2) is 5.38 Å². The third-order valence-corrected chi connectivity index (χ3v) is 4.46. The lowest BCUT2D eigenvalue weighted by Gasteiger charge is -2.27. The molecule has 0 radical (unpaired) electrons. The Kier molecular flexibility index (Phi) is 4.95. The summed E-state index contributed by atoms with van der Waals surface area (Å²) >= 11 is 1.76. The Labute approximate surface area is 120 Å². The Morgan fingerprint density at radius 1 is 1.53 bits per heavy atom. The number of likely N-dealkylation sites (N-methyl/N-ethyl adjacent to an activating group) is 1. The Bertz CT molecular complexity index is 394. The van der Waals surface area contributed by atoms with Crippen LogP contribution in [0, 0.1) is 0 Å². The van der Waals surface area contributed by atoms with Gasteiger partial charge in [0.1, 0.15) is 0 Å². The number of ether oxygens (including phenoxy) is 1. The van der Waals surface area contributed by atoms with E-state index in [9.17, 15) is 0 Å². The number of nitrogens with zero attached hydrogens (tertiary/aromatic N) is 2. The van der Waals surface area contributed by atoms with Crippen molar-refractivity contribution in [2.24, 2.45) is 0 Å². The first-order chi connectivity index (χ1) is 8.95. The predicted octanol–water partition coefficient (Wildman–Crippen LogP) is 1.86. The second-order valence-electron chi connectivity index (χ2n) is 6.29. The lowest BCUT2D eigenvalue weighted by atomic mass is 9.98. The van der Waals surface area contributed by atoms with Crippen LogP contribution >= 0.6 is 11.3 Å². The van der Waals surface area contributed by atoms with Gasteiger partial charge in [0, 0.05) is 37.0 Å². The van der Waals surface area contributed by atoms with Crippen molar-refractivity contribution in [3.63, 3.8) is 0 Å². The number of morpholine rings is 1. The summed E-state index contributed by atoms with van der Waals surface area (Å²) in [5, 5.41) is 6.75. The van der Waals surface area contributed by atoms with Crippen LogP contribution in [0.5, 0.6) is 0 Å². The standard InChI is InChI=1S/C14H25N3OS/c1-14(2,3)13-16-11(10-19-13)8-17(4)9-12-7-15-5-6-18-12/h10,12,15H,5-9H2,1-4H3. The predicted molar refractivity (Wildman–Crippen MR) is 79.8 cm³/mol. The van der Waals surface area contributed by atoms with Crippen LogP contribution in [-0.4, -0.2) is 49.3 Å². The number of rotatable bonds is 4. The van der Waals surface area contributed by atoms with E-state index >= 15 is 0 Å². The minimum absolute atomic E-state index is 0.151. The van der Waals surface area contributed by atoms with Gasteiger partial charge in [-0.15, -0.1) is 11.3 Å². The molecule has 1 N–H and O–H groups in total. The molecule has 1 aromatic rings. The molecule has 0 saturated carbocycles. The highest BCUT2D eigenvalue weighted by Gasteiger charge is 2.19. The molecule has 0 aromatic carbocycles. The summed E-state index contributed by atoms with van der Waals surface area (Å²) in [4.78, 5) is 7.03. The molecule has 1 unspecified atom stereocenters. The normalized spacial score (nSPS) is 21.0. The van der Waals surface area contributed by atoms with E-state index in [4.69, 9.17) is 9.72 Å². The quantitative estimate of drug-likeness (QED) is 0.915. The first kappa shape index (κ1) is 14.9. The molecule has 0 spiro atoms. The maximum atomic E-state index is 5.72. The molecule has 0 bridgehead atoms. The van der Waals surface area contributed by atoms with Crippen molar-refractivity contribution in [1.82, 2.24) is 15.2 Å². The van der Waals surface area contributed by atoms with Gasteiger partial charge in [-0.1, -0.05) is 20.8 Å². The number of hydrogen-bond acceptors (Lipinski definition) is 5. The minimum Gasteiger partial charge on any atom is -0.374 e. The molecule has 5 heteroatoms. The molecule has 0 aliphatic carbocycles. The van der Waals surface area contributed by atoms with E-state index in [-0.39, 0.29) is 5.41 Å². The van der Waals surface area contributed by atoms with Crippen molar-refractivity contribution < 1.29 is 4.74 Å². The highest BCUT2D eigenvalue weighted by molar-refractivity contribution is 7.09. The number of aromatic nitrogens is 1. The number of thiazole rings is 1. The largest absolute Gasteiger partial charge is 0.374 e. The number of hydrogen-bond donors (Lipinski definition) is 1. The second kappa shape index (κ2) is 6.31. The van der Waals surface area contributed by atoms with Crippen molar-refractivity contribution in [3.8, 4) is 0 Å². The molecular formula is C14H25N3OS. The summed E-state index contributed by atoms with van der Waals surface area (Å²) in [6.45, 7) is 11.2. The zero-order valence-corrected chi connectivity index (χ0v) is 13.2. The molecule has 2 heterocycles. The SMILES string of the molecule is CN(Cc1csc(C(C)(C)C)n1)CC1CNCCO1. The summed E-state index contributed by atoms with van der Waals surface area (Å²) in [6, 6.07) is 0. The zero-order valence-electron chi connectivity index (χ0n) is 12.4. The van der Waals surface area contributed by atoms with Gasteiger partial charge in [-0.05, 0) is 7.05 Å². The molecule has 1 aliphatic rings. The lowest BCUT2D eigenvalue weighted by Crippen LogP contribution is -2.44. The van der Waals surface area contributed by atoms with Gasteiger partial charge in [0.2, 0.25) is 0 Å². The van der Waals surface area contributed by atoms with E-state index in [0.29, 0.717) is 6.10 Å². The summed E-state index contributed by atoms with van der Waals surface area (Å²) in [7, 11) is 2.13. The van der Waals surface area contributed by atoms with Gasteiger partial charge < -0.3 is 10.1 Å². The molecule has 1 fully saturated rings. The molecule has 0 amide bonds. The van der Waals surface area contributed by atoms with E-state index < -0.39 is 0 Å². The van der Waals surface area contributed by atoms with Crippen molar-refractivity contribution in [2.75, 3.05) is 33.3 Å². The van der Waals surface area contributed by atoms with Crippen molar-refractivity contribution in [2.45, 2.75) is 38.8 Å². The summed E-state index contributed by atoms with van der Waals surface area (Å²) in [6.07, 6.45) is 0.305. The Morgan fingerprint density at radius 3 is 2.89 bits per heavy atom. The maximum Gasteiger partial charge on any atom is 0.0982 e. The Hall–Kier alpha value is -0.490. The van der Waals surface area contributed by atoms with Gasteiger partial charge in [0.05, 0.1) is 23.4 Å². The first-order valence-electron chi connectivity index (χ1n) is 6.91. The van der Waals surface area contributed by atoms with Crippen LogP contribution in [0.4, 0.5) is 0 Å². The fourth-order valence-electron chi connectivity index (χ4n) is 2.15. The third kappa shape index (κ3) is 4.53. The summed E-state index contributed by atoms with van der Waals surface area (Å²) < 4.78 is 5.72. The van der Waals surface area contributed by atoms with Crippen LogP contribution < -0.4 is 5.32 Å². The average molecular weight is 283 g/mol. The Balaban J connectivity index is 1.84. The van der Waals surface area contributed by atoms with Gasteiger partial charge in [-0.2, -0.15) is 0 Å². The fraction of sp³-hybridized carbons (Fsp3) is 0.786. The van der Waals surface area contributed by atoms with E-state index in [1.165, 1.54) is 10.7 Å². The van der Waals surface area contributed by atoms with E-state index in [2.05, 4.69) is 43.4 Å². The lowest BCUT2D eigenvalue weighted by molar-refractivity contribution is 0.00869. The molecule has 2 rings (SSSR count). The smallest absolute Gasteiger partial charge is 0.0982 e. The van der Waals surface area contributed by atoms with E-state index in [1.807, 2.05) is 0 Å². The van der Waals surface area contributed by atoms with Gasteiger partial charge in [-0.3, -0.25) is 4.90 Å². The molecule has 19 heavy (non-hydrogen) atoms. The second-order valence-corrected chi connectivity index (χ2v) is 7.15. The Morgan fingerprint density at radius 2 is 2.32 bits per heavy atom. The van der Waals surface area contributed by atoms with Gasteiger partial charge in [0.15, 0.2) is 0 Å². The summed E-state index contributed by atoms with van der Waals surface area (Å²) in [5.74, 6) is 0. The number of nitrogens with one attached hydrogen (secondary N) is 1. The summed E-state index contributed by atoms with van der Waals surface area (Å²) in [5.41, 5.74) is 1.32. The minimum atomic E-state index is 0.151. The highest BCUT2D eigenvalue weighted by atomic mass is 32.1.